The SMILES string of the molecule is F.F.Nc1ccc(F)cc1[N+](=O)[O-]. The van der Waals surface area contributed by atoms with Crippen LogP contribution >= 0.6 is 0 Å². The molecule has 1 aromatic carbocycles. The van der Waals surface area contributed by atoms with Crippen molar-refractivity contribution in [2.24, 2.45) is 0 Å². The van der Waals surface area contributed by atoms with Gasteiger partial charge in [-0.25, -0.2) is 4.39 Å². The van der Waals surface area contributed by atoms with Crippen LogP contribution in [0.4, 0.5) is 25.2 Å². The number of benzene rings is 1. The molecule has 0 aliphatic carbocycles. The van der Waals surface area contributed by atoms with Crippen LogP contribution in [0.1, 0.15) is 0 Å². The van der Waals surface area contributed by atoms with Crippen LogP contribution in [0.15, 0.2) is 18.2 Å². The summed E-state index contributed by atoms with van der Waals surface area (Å²) in [5.74, 6) is -0.661. The van der Waals surface area contributed by atoms with Gasteiger partial charge in [-0.2, -0.15) is 0 Å². The van der Waals surface area contributed by atoms with E-state index in [0.29, 0.717) is 0 Å². The van der Waals surface area contributed by atoms with E-state index in [2.05, 4.69) is 0 Å². The molecule has 74 valence electrons. The highest BCUT2D eigenvalue weighted by Crippen LogP contribution is 2.20. The third-order valence-electron chi connectivity index (χ3n) is 1.19. The topological polar surface area (TPSA) is 69.2 Å². The van der Waals surface area contributed by atoms with E-state index in [1.54, 1.807) is 0 Å². The lowest BCUT2D eigenvalue weighted by Gasteiger charge is -1.94. The molecule has 0 bridgehead atoms. The number of anilines is 1. The molecule has 7 heteroatoms. The molecule has 0 aliphatic rings. The normalized spacial score (nSPS) is 8.08. The summed E-state index contributed by atoms with van der Waals surface area (Å²) >= 11 is 0. The van der Waals surface area contributed by atoms with Crippen LogP contribution in [-0.2, 0) is 0 Å². The van der Waals surface area contributed by atoms with Crippen LogP contribution in [0, 0.1) is 15.9 Å². The molecular formula is C6H7F3N2O2. The molecule has 0 unspecified atom stereocenters. The monoisotopic (exact) mass is 196 g/mol. The average Bonchev–Trinajstić information content (AvgIpc) is 1.94. The van der Waals surface area contributed by atoms with Gasteiger partial charge in [0, 0.05) is 0 Å². The van der Waals surface area contributed by atoms with Gasteiger partial charge in [-0.05, 0) is 12.1 Å². The van der Waals surface area contributed by atoms with Crippen LogP contribution in [0.5, 0.6) is 0 Å². The third kappa shape index (κ3) is 2.97. The second-order valence-electron chi connectivity index (χ2n) is 1.96. The molecule has 0 heterocycles. The highest BCUT2D eigenvalue weighted by atomic mass is 19.1. The number of halogens is 3. The first kappa shape index (κ1) is 13.8. The number of hydrogen-bond donors (Lipinski definition) is 1. The van der Waals surface area contributed by atoms with Gasteiger partial charge in [-0.1, -0.05) is 0 Å². The Kier molecular flexibility index (Phi) is 5.26. The fraction of sp³-hybridized carbons (Fsp3) is 0. The highest BCUT2D eigenvalue weighted by molar-refractivity contribution is 5.57. The van der Waals surface area contributed by atoms with Crippen LogP contribution in [0.25, 0.3) is 0 Å². The summed E-state index contributed by atoms with van der Waals surface area (Å²) in [6.45, 7) is 0. The second-order valence-corrected chi connectivity index (χ2v) is 1.96. The van der Waals surface area contributed by atoms with Crippen LogP contribution in [-0.4, -0.2) is 4.92 Å². The van der Waals surface area contributed by atoms with E-state index in [4.69, 9.17) is 5.73 Å². The zero-order valence-corrected chi connectivity index (χ0v) is 6.27. The summed E-state index contributed by atoms with van der Waals surface area (Å²) in [4.78, 5) is 9.41. The molecule has 0 radical (unpaired) electrons. The van der Waals surface area contributed by atoms with Crippen LogP contribution < -0.4 is 5.73 Å². The Morgan fingerprint density at radius 3 is 2.31 bits per heavy atom. The molecular weight excluding hydrogens is 189 g/mol. The van der Waals surface area contributed by atoms with Crippen molar-refractivity contribution in [2.45, 2.75) is 0 Å². The van der Waals surface area contributed by atoms with Gasteiger partial charge in [0.25, 0.3) is 5.69 Å². The molecule has 0 amide bonds. The Labute approximate surface area is 71.0 Å². The van der Waals surface area contributed by atoms with Crippen molar-refractivity contribution in [3.8, 4) is 0 Å². The summed E-state index contributed by atoms with van der Waals surface area (Å²) in [6, 6.07) is 3.02. The molecule has 0 atom stereocenters. The molecule has 1 rings (SSSR count). The second kappa shape index (κ2) is 4.96. The fourth-order valence-corrected chi connectivity index (χ4v) is 0.675. The molecule has 1 aromatic rings. The van der Waals surface area contributed by atoms with Crippen LogP contribution in [0.2, 0.25) is 0 Å². The first-order chi connectivity index (χ1) is 5.11. The Balaban J connectivity index is 0. The molecule has 0 aromatic heterocycles. The number of nitrogens with two attached hydrogens (primary N) is 1. The van der Waals surface area contributed by atoms with E-state index in [1.807, 2.05) is 0 Å². The molecule has 2 N–H and O–H groups in total. The summed E-state index contributed by atoms with van der Waals surface area (Å²) in [6.07, 6.45) is 0. The van der Waals surface area contributed by atoms with E-state index in [0.717, 1.165) is 18.2 Å². The van der Waals surface area contributed by atoms with E-state index >= 15 is 0 Å². The number of nitrogen functional groups attached to an aromatic ring is 1. The van der Waals surface area contributed by atoms with Gasteiger partial charge >= 0.3 is 0 Å². The Hall–Kier alpha value is -1.79. The molecule has 0 saturated carbocycles. The molecule has 0 spiro atoms. The molecule has 0 aliphatic heterocycles. The van der Waals surface area contributed by atoms with Gasteiger partial charge in [-0.15, -0.1) is 0 Å². The van der Waals surface area contributed by atoms with E-state index < -0.39 is 16.4 Å². The largest absolute Gasteiger partial charge is 0.393 e. The fourth-order valence-electron chi connectivity index (χ4n) is 0.675. The molecule has 4 nitrogen and oxygen atoms in total. The molecule has 13 heavy (non-hydrogen) atoms. The lowest BCUT2D eigenvalue weighted by atomic mass is 10.3. The molecule has 0 fully saturated rings. The van der Waals surface area contributed by atoms with Gasteiger partial charge in [0.2, 0.25) is 0 Å². The standard InChI is InChI=1S/C6H5FN2O2.2FH/c7-4-1-2-5(8)6(3-4)9(10)11;;/h1-3H,8H2;2*1H. The summed E-state index contributed by atoms with van der Waals surface area (Å²) in [5, 5.41) is 10.1. The smallest absolute Gasteiger partial charge is 0.295 e. The molecule has 0 saturated heterocycles. The minimum absolute atomic E-state index is 0. The van der Waals surface area contributed by atoms with Gasteiger partial charge in [0.15, 0.2) is 0 Å². The van der Waals surface area contributed by atoms with Crippen molar-refractivity contribution >= 4 is 11.4 Å². The van der Waals surface area contributed by atoms with Gasteiger partial charge in [0.1, 0.15) is 11.5 Å². The Bertz CT molecular complexity index is 306. The van der Waals surface area contributed by atoms with Gasteiger partial charge < -0.3 is 5.73 Å². The van der Waals surface area contributed by atoms with Crippen molar-refractivity contribution in [3.63, 3.8) is 0 Å². The summed E-state index contributed by atoms with van der Waals surface area (Å²) in [5.41, 5.74) is 4.75. The van der Waals surface area contributed by atoms with Crippen molar-refractivity contribution in [2.75, 3.05) is 5.73 Å². The van der Waals surface area contributed by atoms with Gasteiger partial charge in [0.05, 0.1) is 11.0 Å². The lowest BCUT2D eigenvalue weighted by Crippen LogP contribution is -1.95. The minimum atomic E-state index is -0.724. The van der Waals surface area contributed by atoms with Crippen molar-refractivity contribution in [3.05, 3.63) is 34.1 Å². The number of hydrogen-bond acceptors (Lipinski definition) is 3. The average molecular weight is 196 g/mol. The van der Waals surface area contributed by atoms with E-state index in [1.165, 1.54) is 0 Å². The van der Waals surface area contributed by atoms with Crippen molar-refractivity contribution < 1.29 is 18.7 Å². The maximum Gasteiger partial charge on any atom is 0.295 e. The van der Waals surface area contributed by atoms with Crippen molar-refractivity contribution in [1.29, 1.82) is 0 Å². The third-order valence-corrected chi connectivity index (χ3v) is 1.19. The number of nitro groups is 1. The maximum absolute atomic E-state index is 12.3. The minimum Gasteiger partial charge on any atom is -0.393 e. The van der Waals surface area contributed by atoms with E-state index in [-0.39, 0.29) is 15.1 Å². The predicted octanol–water partition coefficient (Wildman–Crippen LogP) is 1.62. The lowest BCUT2D eigenvalue weighted by molar-refractivity contribution is -0.384. The van der Waals surface area contributed by atoms with E-state index in [9.17, 15) is 14.5 Å². The number of nitrogens with zero attached hydrogens (tertiary/aromatic N) is 1. The van der Waals surface area contributed by atoms with Crippen molar-refractivity contribution in [1.82, 2.24) is 0 Å². The summed E-state index contributed by atoms with van der Waals surface area (Å²) in [7, 11) is 0. The Morgan fingerprint density at radius 2 is 1.92 bits per heavy atom. The Morgan fingerprint density at radius 1 is 1.38 bits per heavy atom. The zero-order valence-electron chi connectivity index (χ0n) is 6.27. The quantitative estimate of drug-likeness (QED) is 0.421. The number of nitro benzene ring substituents is 1. The zero-order chi connectivity index (χ0) is 8.43. The number of rotatable bonds is 1. The highest BCUT2D eigenvalue weighted by Gasteiger charge is 2.10. The first-order valence-corrected chi connectivity index (χ1v) is 2.80. The summed E-state index contributed by atoms with van der Waals surface area (Å²) < 4.78 is 12.3. The van der Waals surface area contributed by atoms with Crippen LogP contribution in [0.3, 0.4) is 0 Å². The first-order valence-electron chi connectivity index (χ1n) is 2.80. The van der Waals surface area contributed by atoms with Gasteiger partial charge in [-0.3, -0.25) is 19.5 Å². The predicted molar refractivity (Wildman–Crippen MR) is 42.5 cm³/mol. The maximum atomic E-state index is 12.3.